The van der Waals surface area contributed by atoms with Crippen LogP contribution in [0.4, 0.5) is 8.78 Å². The smallest absolute Gasteiger partial charge is 0.309 e. The molecule has 86 valence electrons. The molecule has 1 aliphatic rings. The summed E-state index contributed by atoms with van der Waals surface area (Å²) in [5.41, 5.74) is -0.390. The number of rotatable bonds is 3. The number of carboxylic acids is 1. The quantitative estimate of drug-likeness (QED) is 0.862. The van der Waals surface area contributed by atoms with Crippen molar-refractivity contribution in [1.82, 2.24) is 0 Å². The maximum atomic E-state index is 13.4. The van der Waals surface area contributed by atoms with Crippen molar-refractivity contribution in [2.24, 2.45) is 0 Å². The molecule has 0 saturated carbocycles. The normalized spacial score (nSPS) is 13.9. The molecule has 1 aromatic rings. The number of halogens is 2. The predicted octanol–water partition coefficient (Wildman–Crippen LogP) is 1.98. The fourth-order valence-electron chi connectivity index (χ4n) is 1.42. The summed E-state index contributed by atoms with van der Waals surface area (Å²) in [5, 5.41) is 8.37. The molecule has 1 aliphatic heterocycles. The fraction of sp³-hybridized carbons (Fsp3) is 0.300. The molecular formula is C10H8F2O4. The highest BCUT2D eigenvalue weighted by molar-refractivity contribution is 5.68. The van der Waals surface area contributed by atoms with E-state index in [9.17, 15) is 13.6 Å². The van der Waals surface area contributed by atoms with Gasteiger partial charge in [0.2, 0.25) is 6.79 Å². The largest absolute Gasteiger partial charge is 0.481 e. The molecule has 16 heavy (non-hydrogen) atoms. The first kappa shape index (κ1) is 10.7. The van der Waals surface area contributed by atoms with E-state index in [1.54, 1.807) is 0 Å². The van der Waals surface area contributed by atoms with Gasteiger partial charge in [-0.05, 0) is 18.2 Å². The summed E-state index contributed by atoms with van der Waals surface area (Å²) in [7, 11) is 0. The van der Waals surface area contributed by atoms with Crippen LogP contribution in [0.3, 0.4) is 0 Å². The molecule has 0 amide bonds. The first-order valence-corrected chi connectivity index (χ1v) is 4.49. The highest BCUT2D eigenvalue weighted by atomic mass is 19.3. The molecule has 1 aromatic carbocycles. The molecule has 0 saturated heterocycles. The van der Waals surface area contributed by atoms with Crippen molar-refractivity contribution in [3.8, 4) is 11.5 Å². The third-order valence-electron chi connectivity index (χ3n) is 2.17. The van der Waals surface area contributed by atoms with Crippen LogP contribution >= 0.6 is 0 Å². The van der Waals surface area contributed by atoms with E-state index in [1.807, 2.05) is 0 Å². The van der Waals surface area contributed by atoms with Crippen LogP contribution in [0.1, 0.15) is 12.0 Å². The second kappa shape index (κ2) is 3.62. The highest BCUT2D eigenvalue weighted by Gasteiger charge is 2.35. The zero-order chi connectivity index (χ0) is 11.8. The SMILES string of the molecule is O=C(O)CC(F)(F)c1ccc2c(c1)OCO2. The van der Waals surface area contributed by atoms with Gasteiger partial charge in [0, 0.05) is 5.56 Å². The van der Waals surface area contributed by atoms with Crippen LogP contribution in [0.25, 0.3) is 0 Å². The maximum Gasteiger partial charge on any atom is 0.309 e. The predicted molar refractivity (Wildman–Crippen MR) is 48.7 cm³/mol. The maximum absolute atomic E-state index is 13.4. The van der Waals surface area contributed by atoms with Crippen molar-refractivity contribution in [2.45, 2.75) is 12.3 Å². The average Bonchev–Trinajstić information content (AvgIpc) is 2.61. The Morgan fingerprint density at radius 1 is 1.38 bits per heavy atom. The summed E-state index contributed by atoms with van der Waals surface area (Å²) in [5.74, 6) is -4.37. The van der Waals surface area contributed by atoms with E-state index in [2.05, 4.69) is 0 Å². The Morgan fingerprint density at radius 3 is 2.75 bits per heavy atom. The molecule has 1 heterocycles. The molecular weight excluding hydrogens is 222 g/mol. The first-order valence-electron chi connectivity index (χ1n) is 4.49. The summed E-state index contributed by atoms with van der Waals surface area (Å²) >= 11 is 0. The molecule has 0 unspecified atom stereocenters. The standard InChI is InChI=1S/C10H8F2O4/c11-10(12,4-9(13)14)6-1-2-7-8(3-6)16-5-15-7/h1-3H,4-5H2,(H,13,14). The molecule has 4 nitrogen and oxygen atoms in total. The van der Waals surface area contributed by atoms with Crippen molar-refractivity contribution >= 4 is 5.97 Å². The number of benzene rings is 1. The van der Waals surface area contributed by atoms with Gasteiger partial charge in [0.1, 0.15) is 6.42 Å². The molecule has 1 N–H and O–H groups in total. The van der Waals surface area contributed by atoms with E-state index in [1.165, 1.54) is 6.07 Å². The lowest BCUT2D eigenvalue weighted by Gasteiger charge is -2.14. The Morgan fingerprint density at radius 2 is 2.06 bits per heavy atom. The zero-order valence-corrected chi connectivity index (χ0v) is 8.07. The van der Waals surface area contributed by atoms with Crippen LogP contribution in [0.15, 0.2) is 18.2 Å². The van der Waals surface area contributed by atoms with Crippen LogP contribution in [0, 0.1) is 0 Å². The van der Waals surface area contributed by atoms with Crippen LogP contribution < -0.4 is 9.47 Å². The fourth-order valence-corrected chi connectivity index (χ4v) is 1.42. The van der Waals surface area contributed by atoms with Gasteiger partial charge >= 0.3 is 5.97 Å². The molecule has 0 radical (unpaired) electrons. The molecule has 0 atom stereocenters. The van der Waals surface area contributed by atoms with Gasteiger partial charge in [-0.25, -0.2) is 8.78 Å². The van der Waals surface area contributed by atoms with E-state index >= 15 is 0 Å². The number of ether oxygens (including phenoxy) is 2. The van der Waals surface area contributed by atoms with Gasteiger partial charge in [-0.1, -0.05) is 0 Å². The number of alkyl halides is 2. The minimum absolute atomic E-state index is 0.0106. The van der Waals surface area contributed by atoms with Crippen molar-refractivity contribution in [1.29, 1.82) is 0 Å². The molecule has 0 aliphatic carbocycles. The monoisotopic (exact) mass is 230 g/mol. The summed E-state index contributed by atoms with van der Waals surface area (Å²) in [4.78, 5) is 10.3. The number of fused-ring (bicyclic) bond motifs is 1. The second-order valence-electron chi connectivity index (χ2n) is 3.34. The van der Waals surface area contributed by atoms with E-state index in [0.717, 1.165) is 12.1 Å². The van der Waals surface area contributed by atoms with Gasteiger partial charge in [-0.15, -0.1) is 0 Å². The van der Waals surface area contributed by atoms with Crippen molar-refractivity contribution in [3.05, 3.63) is 23.8 Å². The highest BCUT2D eigenvalue weighted by Crippen LogP contribution is 2.39. The lowest BCUT2D eigenvalue weighted by Crippen LogP contribution is -2.18. The van der Waals surface area contributed by atoms with E-state index in [-0.39, 0.29) is 18.1 Å². The van der Waals surface area contributed by atoms with Crippen molar-refractivity contribution in [3.63, 3.8) is 0 Å². The minimum atomic E-state index is -3.41. The van der Waals surface area contributed by atoms with Crippen LogP contribution in [0.5, 0.6) is 11.5 Å². The summed E-state index contributed by atoms with van der Waals surface area (Å²) in [6.07, 6.45) is -1.24. The number of hydrogen-bond donors (Lipinski definition) is 1. The third-order valence-corrected chi connectivity index (χ3v) is 2.17. The average molecular weight is 230 g/mol. The Labute approximate surface area is 89.4 Å². The summed E-state index contributed by atoms with van der Waals surface area (Å²) in [6, 6.07) is 3.58. The minimum Gasteiger partial charge on any atom is -0.481 e. The number of carbonyl (C=O) groups is 1. The summed E-state index contributed by atoms with van der Waals surface area (Å²) in [6.45, 7) is -0.0106. The van der Waals surface area contributed by atoms with Crippen molar-refractivity contribution in [2.75, 3.05) is 6.79 Å². The molecule has 0 aromatic heterocycles. The third kappa shape index (κ3) is 1.91. The van der Waals surface area contributed by atoms with Crippen LogP contribution in [-0.2, 0) is 10.7 Å². The number of hydrogen-bond acceptors (Lipinski definition) is 3. The Balaban J connectivity index is 2.30. The molecule has 2 rings (SSSR count). The van der Waals surface area contributed by atoms with E-state index in [0.29, 0.717) is 5.75 Å². The lowest BCUT2D eigenvalue weighted by atomic mass is 10.1. The summed E-state index contributed by atoms with van der Waals surface area (Å²) < 4.78 is 36.7. The van der Waals surface area contributed by atoms with Gasteiger partial charge in [-0.3, -0.25) is 4.79 Å². The molecule has 6 heteroatoms. The van der Waals surface area contributed by atoms with Gasteiger partial charge in [-0.2, -0.15) is 0 Å². The molecule has 0 bridgehead atoms. The van der Waals surface area contributed by atoms with Gasteiger partial charge < -0.3 is 14.6 Å². The first-order chi connectivity index (χ1) is 7.49. The zero-order valence-electron chi connectivity index (χ0n) is 8.07. The molecule has 0 fully saturated rings. The van der Waals surface area contributed by atoms with Gasteiger partial charge in [0.15, 0.2) is 11.5 Å². The Bertz CT molecular complexity index is 431. The van der Waals surface area contributed by atoms with Gasteiger partial charge in [0.05, 0.1) is 0 Å². The van der Waals surface area contributed by atoms with E-state index in [4.69, 9.17) is 14.6 Å². The van der Waals surface area contributed by atoms with Gasteiger partial charge in [0.25, 0.3) is 5.92 Å². The molecule has 0 spiro atoms. The van der Waals surface area contributed by atoms with Crippen molar-refractivity contribution < 1.29 is 28.2 Å². The Kier molecular flexibility index (Phi) is 2.41. The van der Waals surface area contributed by atoms with E-state index < -0.39 is 18.3 Å². The number of aliphatic carboxylic acids is 1. The topological polar surface area (TPSA) is 55.8 Å². The number of carboxylic acid groups (broad SMARTS) is 1. The van der Waals surface area contributed by atoms with Crippen LogP contribution in [-0.4, -0.2) is 17.9 Å². The van der Waals surface area contributed by atoms with Crippen LogP contribution in [0.2, 0.25) is 0 Å². The Hall–Kier alpha value is -1.85. The second-order valence-corrected chi connectivity index (χ2v) is 3.34. The lowest BCUT2D eigenvalue weighted by molar-refractivity contribution is -0.145.